The lowest BCUT2D eigenvalue weighted by Crippen LogP contribution is -2.01. The van der Waals surface area contributed by atoms with Gasteiger partial charge in [-0.1, -0.05) is 0 Å². The lowest BCUT2D eigenvalue weighted by Gasteiger charge is -2.09. The van der Waals surface area contributed by atoms with Gasteiger partial charge in [0.15, 0.2) is 0 Å². The molecular formula is C13H10FNO4. The molecule has 2 aromatic rings. The maximum Gasteiger partial charge on any atom is 0.339 e. The van der Waals surface area contributed by atoms with Crippen molar-refractivity contribution in [2.75, 3.05) is 7.11 Å². The molecule has 0 bridgehead atoms. The largest absolute Gasteiger partial charge is 0.497 e. The van der Waals surface area contributed by atoms with Crippen molar-refractivity contribution in [3.63, 3.8) is 0 Å². The van der Waals surface area contributed by atoms with Crippen LogP contribution in [0.5, 0.6) is 17.4 Å². The Kier molecular flexibility index (Phi) is 3.61. The van der Waals surface area contributed by atoms with Gasteiger partial charge in [-0.3, -0.25) is 0 Å². The molecule has 0 spiro atoms. The lowest BCUT2D eigenvalue weighted by atomic mass is 10.2. The number of aromatic nitrogens is 1. The minimum absolute atomic E-state index is 0.0644. The summed E-state index contributed by atoms with van der Waals surface area (Å²) in [6, 6.07) is 6.83. The van der Waals surface area contributed by atoms with Crippen LogP contribution < -0.4 is 9.47 Å². The highest BCUT2D eigenvalue weighted by Crippen LogP contribution is 2.27. The van der Waals surface area contributed by atoms with Crippen molar-refractivity contribution < 1.29 is 23.8 Å². The van der Waals surface area contributed by atoms with Crippen LogP contribution in [0.2, 0.25) is 0 Å². The normalized spacial score (nSPS) is 10.0. The molecule has 0 radical (unpaired) electrons. The van der Waals surface area contributed by atoms with Crippen molar-refractivity contribution >= 4 is 5.97 Å². The van der Waals surface area contributed by atoms with Crippen LogP contribution in [0, 0.1) is 5.82 Å². The molecule has 0 unspecified atom stereocenters. The van der Waals surface area contributed by atoms with Gasteiger partial charge in [0.05, 0.1) is 13.3 Å². The van der Waals surface area contributed by atoms with E-state index < -0.39 is 11.8 Å². The highest BCUT2D eigenvalue weighted by atomic mass is 19.1. The summed E-state index contributed by atoms with van der Waals surface area (Å²) in [6.45, 7) is 0. The summed E-state index contributed by atoms with van der Waals surface area (Å²) in [7, 11) is 1.43. The molecule has 1 heterocycles. The van der Waals surface area contributed by atoms with Gasteiger partial charge in [-0.2, -0.15) is 0 Å². The van der Waals surface area contributed by atoms with Crippen LogP contribution in [0.15, 0.2) is 36.5 Å². The average molecular weight is 263 g/mol. The Bertz CT molecular complexity index is 598. The van der Waals surface area contributed by atoms with E-state index in [4.69, 9.17) is 14.6 Å². The highest BCUT2D eigenvalue weighted by Gasteiger charge is 2.14. The molecule has 0 saturated heterocycles. The minimum atomic E-state index is -1.16. The van der Waals surface area contributed by atoms with Crippen molar-refractivity contribution in [2.45, 2.75) is 0 Å². The summed E-state index contributed by atoms with van der Waals surface area (Å²) in [6.07, 6.45) is 0.985. The van der Waals surface area contributed by atoms with E-state index in [1.807, 2.05) is 0 Å². The van der Waals surface area contributed by atoms with Crippen LogP contribution in [0.1, 0.15) is 10.4 Å². The van der Waals surface area contributed by atoms with Crippen LogP contribution in [0.25, 0.3) is 0 Å². The second-order valence-corrected chi connectivity index (χ2v) is 3.58. The number of halogens is 1. The Balaban J connectivity index is 2.33. The SMILES string of the molecule is COc1ccc(Oc2ccc(F)cn2)c(C(=O)O)c1. The molecule has 0 aliphatic rings. The first kappa shape index (κ1) is 12.8. The molecule has 0 atom stereocenters. The molecule has 98 valence electrons. The topological polar surface area (TPSA) is 68.7 Å². The quantitative estimate of drug-likeness (QED) is 0.918. The fraction of sp³-hybridized carbons (Fsp3) is 0.0769. The van der Waals surface area contributed by atoms with Gasteiger partial charge in [0.1, 0.15) is 22.9 Å². The predicted molar refractivity (Wildman–Crippen MR) is 64.2 cm³/mol. The molecule has 1 aromatic carbocycles. The third kappa shape index (κ3) is 2.98. The Morgan fingerprint density at radius 1 is 1.32 bits per heavy atom. The number of methoxy groups -OCH3 is 1. The number of hydrogen-bond acceptors (Lipinski definition) is 4. The van der Waals surface area contributed by atoms with Gasteiger partial charge in [0.25, 0.3) is 0 Å². The predicted octanol–water partition coefficient (Wildman–Crippen LogP) is 2.72. The third-order valence-electron chi connectivity index (χ3n) is 2.33. The fourth-order valence-corrected chi connectivity index (χ4v) is 1.43. The number of pyridine rings is 1. The molecule has 19 heavy (non-hydrogen) atoms. The number of rotatable bonds is 4. The number of benzene rings is 1. The number of aromatic carboxylic acids is 1. The zero-order chi connectivity index (χ0) is 13.8. The van der Waals surface area contributed by atoms with Gasteiger partial charge in [0, 0.05) is 6.07 Å². The summed E-state index contributed by atoms with van der Waals surface area (Å²) >= 11 is 0. The van der Waals surface area contributed by atoms with E-state index in [0.717, 1.165) is 6.20 Å². The highest BCUT2D eigenvalue weighted by molar-refractivity contribution is 5.91. The van der Waals surface area contributed by atoms with Crippen LogP contribution in [-0.2, 0) is 0 Å². The van der Waals surface area contributed by atoms with E-state index in [9.17, 15) is 9.18 Å². The van der Waals surface area contributed by atoms with Crippen LogP contribution >= 0.6 is 0 Å². The van der Waals surface area contributed by atoms with Gasteiger partial charge in [-0.05, 0) is 24.3 Å². The van der Waals surface area contributed by atoms with E-state index >= 15 is 0 Å². The van der Waals surface area contributed by atoms with Crippen molar-refractivity contribution in [1.82, 2.24) is 4.98 Å². The number of ether oxygens (including phenoxy) is 2. The smallest absolute Gasteiger partial charge is 0.339 e. The van der Waals surface area contributed by atoms with E-state index in [0.29, 0.717) is 5.75 Å². The van der Waals surface area contributed by atoms with Crippen molar-refractivity contribution in [2.24, 2.45) is 0 Å². The fourth-order valence-electron chi connectivity index (χ4n) is 1.43. The number of nitrogens with zero attached hydrogens (tertiary/aromatic N) is 1. The van der Waals surface area contributed by atoms with Gasteiger partial charge in [-0.15, -0.1) is 0 Å². The summed E-state index contributed by atoms with van der Waals surface area (Å²) in [5.74, 6) is -1.05. The molecule has 0 amide bonds. The molecule has 0 fully saturated rings. The summed E-state index contributed by atoms with van der Waals surface area (Å²) in [4.78, 5) is 14.8. The number of carbonyl (C=O) groups is 1. The molecule has 2 rings (SSSR count). The van der Waals surface area contributed by atoms with Gasteiger partial charge >= 0.3 is 5.97 Å². The Morgan fingerprint density at radius 3 is 2.68 bits per heavy atom. The van der Waals surface area contributed by atoms with E-state index in [2.05, 4.69) is 4.98 Å². The average Bonchev–Trinajstić information content (AvgIpc) is 2.41. The molecule has 0 saturated carbocycles. The Morgan fingerprint density at radius 2 is 2.11 bits per heavy atom. The number of hydrogen-bond donors (Lipinski definition) is 1. The summed E-state index contributed by atoms with van der Waals surface area (Å²) < 4.78 is 23.0. The maximum atomic E-state index is 12.7. The Labute approximate surface area is 108 Å². The van der Waals surface area contributed by atoms with Crippen LogP contribution in [-0.4, -0.2) is 23.2 Å². The van der Waals surface area contributed by atoms with Gasteiger partial charge in [0.2, 0.25) is 5.88 Å². The maximum absolute atomic E-state index is 12.7. The summed E-state index contributed by atoms with van der Waals surface area (Å²) in [5.41, 5.74) is -0.0644. The van der Waals surface area contributed by atoms with Crippen molar-refractivity contribution in [3.05, 3.63) is 47.9 Å². The van der Waals surface area contributed by atoms with Crippen molar-refractivity contribution in [1.29, 1.82) is 0 Å². The molecule has 0 aliphatic carbocycles. The number of carboxylic acids is 1. The van der Waals surface area contributed by atoms with E-state index in [1.54, 1.807) is 6.07 Å². The molecule has 1 N–H and O–H groups in total. The number of carboxylic acid groups (broad SMARTS) is 1. The standard InChI is InChI=1S/C13H10FNO4/c1-18-9-3-4-11(10(6-9)13(16)17)19-12-5-2-8(14)7-15-12/h2-7H,1H3,(H,16,17). The first-order valence-electron chi connectivity index (χ1n) is 5.31. The second kappa shape index (κ2) is 5.34. The first-order chi connectivity index (χ1) is 9.10. The molecule has 6 heteroatoms. The minimum Gasteiger partial charge on any atom is -0.497 e. The van der Waals surface area contributed by atoms with Crippen LogP contribution in [0.4, 0.5) is 4.39 Å². The molecule has 1 aromatic heterocycles. The lowest BCUT2D eigenvalue weighted by molar-refractivity contribution is 0.0693. The third-order valence-corrected chi connectivity index (χ3v) is 2.33. The molecule has 0 aliphatic heterocycles. The zero-order valence-electron chi connectivity index (χ0n) is 9.96. The monoisotopic (exact) mass is 263 g/mol. The second-order valence-electron chi connectivity index (χ2n) is 3.58. The van der Waals surface area contributed by atoms with Gasteiger partial charge in [-0.25, -0.2) is 14.2 Å². The van der Waals surface area contributed by atoms with Crippen LogP contribution in [0.3, 0.4) is 0 Å². The first-order valence-corrected chi connectivity index (χ1v) is 5.31. The summed E-state index contributed by atoms with van der Waals surface area (Å²) in [5, 5.41) is 9.09. The molecule has 5 nitrogen and oxygen atoms in total. The molecular weight excluding hydrogens is 253 g/mol. The Hall–Kier alpha value is -2.63. The van der Waals surface area contributed by atoms with Crippen molar-refractivity contribution in [3.8, 4) is 17.4 Å². The van der Waals surface area contributed by atoms with Gasteiger partial charge < -0.3 is 14.6 Å². The van der Waals surface area contributed by atoms with E-state index in [1.165, 1.54) is 31.4 Å². The zero-order valence-corrected chi connectivity index (χ0v) is 9.96. The van der Waals surface area contributed by atoms with E-state index in [-0.39, 0.29) is 17.2 Å².